The highest BCUT2D eigenvalue weighted by Crippen LogP contribution is 2.40. The standard InChI is InChI=1S/C23H21F3N8/c1-4-17-22-32-30-12-33(22)18-10-28-20(31-21(18)34(17)13(2)3)16-9-27-11-29-19(16)14-5-7-15(8-6-14)23(24,25)26/h5-13,17H,4H2,1-3H3. The summed E-state index contributed by atoms with van der Waals surface area (Å²) >= 11 is 0. The first-order valence-corrected chi connectivity index (χ1v) is 10.8. The fraction of sp³-hybridized carbons (Fsp3) is 0.304. The maximum Gasteiger partial charge on any atom is 0.416 e. The minimum Gasteiger partial charge on any atom is -0.342 e. The molecule has 0 N–H and O–H groups in total. The molecule has 5 rings (SSSR count). The van der Waals surface area contributed by atoms with E-state index in [-0.39, 0.29) is 12.1 Å². The third kappa shape index (κ3) is 3.57. The number of hydrogen-bond donors (Lipinski definition) is 0. The Hall–Kier alpha value is -3.89. The van der Waals surface area contributed by atoms with Gasteiger partial charge in [-0.25, -0.2) is 19.9 Å². The van der Waals surface area contributed by atoms with E-state index in [1.54, 1.807) is 18.7 Å². The summed E-state index contributed by atoms with van der Waals surface area (Å²) < 4.78 is 40.9. The second kappa shape index (κ2) is 8.15. The monoisotopic (exact) mass is 466 g/mol. The quantitative estimate of drug-likeness (QED) is 0.424. The van der Waals surface area contributed by atoms with Crippen molar-refractivity contribution in [2.75, 3.05) is 4.90 Å². The predicted octanol–water partition coefficient (Wildman–Crippen LogP) is 4.88. The zero-order chi connectivity index (χ0) is 24.0. The maximum absolute atomic E-state index is 13.0. The Kier molecular flexibility index (Phi) is 5.26. The SMILES string of the molecule is CCC1c2nncn2-c2cnc(-c3cncnc3-c3ccc(C(F)(F)F)cc3)nc2N1C(C)C. The molecular formula is C23H21F3N8. The predicted molar refractivity (Wildman–Crippen MR) is 119 cm³/mol. The Bertz CT molecular complexity index is 1330. The molecule has 0 radical (unpaired) electrons. The summed E-state index contributed by atoms with van der Waals surface area (Å²) in [6, 6.07) is 4.97. The fourth-order valence-electron chi connectivity index (χ4n) is 4.31. The second-order valence-electron chi connectivity index (χ2n) is 8.25. The van der Waals surface area contributed by atoms with Crippen LogP contribution in [0.5, 0.6) is 0 Å². The maximum atomic E-state index is 13.0. The molecule has 8 nitrogen and oxygen atoms in total. The van der Waals surface area contributed by atoms with Crippen molar-refractivity contribution in [2.24, 2.45) is 0 Å². The Labute approximate surface area is 193 Å². The lowest BCUT2D eigenvalue weighted by atomic mass is 10.0. The topological polar surface area (TPSA) is 85.5 Å². The largest absolute Gasteiger partial charge is 0.416 e. The summed E-state index contributed by atoms with van der Waals surface area (Å²) in [6.07, 6.45) is 2.68. The van der Waals surface area contributed by atoms with E-state index < -0.39 is 11.7 Å². The van der Waals surface area contributed by atoms with Gasteiger partial charge in [-0.15, -0.1) is 10.2 Å². The second-order valence-corrected chi connectivity index (χ2v) is 8.25. The van der Waals surface area contributed by atoms with Gasteiger partial charge in [-0.3, -0.25) is 4.57 Å². The molecule has 0 bridgehead atoms. The average Bonchev–Trinajstić information content (AvgIpc) is 3.32. The van der Waals surface area contributed by atoms with Crippen LogP contribution in [0.4, 0.5) is 19.0 Å². The van der Waals surface area contributed by atoms with Gasteiger partial charge in [-0.2, -0.15) is 13.2 Å². The lowest BCUT2D eigenvalue weighted by Gasteiger charge is -2.39. The summed E-state index contributed by atoms with van der Waals surface area (Å²) in [6.45, 7) is 6.25. The van der Waals surface area contributed by atoms with Gasteiger partial charge >= 0.3 is 6.18 Å². The van der Waals surface area contributed by atoms with E-state index in [4.69, 9.17) is 4.98 Å². The van der Waals surface area contributed by atoms with E-state index in [1.807, 2.05) is 4.57 Å². The lowest BCUT2D eigenvalue weighted by Crippen LogP contribution is -2.40. The number of rotatable bonds is 4. The number of aromatic nitrogens is 7. The summed E-state index contributed by atoms with van der Waals surface area (Å²) in [5, 5.41) is 8.40. The molecule has 11 heteroatoms. The van der Waals surface area contributed by atoms with Crippen LogP contribution in [0.3, 0.4) is 0 Å². The summed E-state index contributed by atoms with van der Waals surface area (Å²) in [7, 11) is 0. The summed E-state index contributed by atoms with van der Waals surface area (Å²) in [5.41, 5.74) is 1.53. The number of halogens is 3. The summed E-state index contributed by atoms with van der Waals surface area (Å²) in [5.74, 6) is 1.93. The number of nitrogens with zero attached hydrogens (tertiary/aromatic N) is 8. The Balaban J connectivity index is 1.64. The third-order valence-corrected chi connectivity index (χ3v) is 5.84. The van der Waals surface area contributed by atoms with Crippen LogP contribution in [0.15, 0.2) is 49.3 Å². The minimum atomic E-state index is -4.41. The fourth-order valence-corrected chi connectivity index (χ4v) is 4.31. The van der Waals surface area contributed by atoms with Crippen molar-refractivity contribution in [1.29, 1.82) is 0 Å². The zero-order valence-electron chi connectivity index (χ0n) is 18.7. The molecule has 4 aromatic rings. The smallest absolute Gasteiger partial charge is 0.342 e. The van der Waals surface area contributed by atoms with Crippen LogP contribution >= 0.6 is 0 Å². The van der Waals surface area contributed by atoms with Crippen LogP contribution in [0.1, 0.15) is 44.6 Å². The summed E-state index contributed by atoms with van der Waals surface area (Å²) in [4.78, 5) is 20.1. The van der Waals surface area contributed by atoms with E-state index in [1.165, 1.54) is 18.5 Å². The van der Waals surface area contributed by atoms with E-state index in [2.05, 4.69) is 50.8 Å². The van der Waals surface area contributed by atoms with Crippen molar-refractivity contribution in [3.63, 3.8) is 0 Å². The average molecular weight is 466 g/mol. The van der Waals surface area contributed by atoms with Crippen molar-refractivity contribution in [3.05, 3.63) is 60.7 Å². The first-order chi connectivity index (χ1) is 16.3. The molecule has 34 heavy (non-hydrogen) atoms. The van der Waals surface area contributed by atoms with Gasteiger partial charge in [0.15, 0.2) is 17.5 Å². The highest BCUT2D eigenvalue weighted by Gasteiger charge is 2.35. The van der Waals surface area contributed by atoms with Gasteiger partial charge in [0.1, 0.15) is 18.3 Å². The molecule has 1 aliphatic rings. The van der Waals surface area contributed by atoms with Crippen LogP contribution in [-0.4, -0.2) is 40.7 Å². The van der Waals surface area contributed by atoms with Crippen molar-refractivity contribution < 1.29 is 13.2 Å². The molecule has 4 heterocycles. The molecule has 174 valence electrons. The van der Waals surface area contributed by atoms with Gasteiger partial charge < -0.3 is 4.90 Å². The van der Waals surface area contributed by atoms with E-state index >= 15 is 0 Å². The van der Waals surface area contributed by atoms with Crippen LogP contribution in [-0.2, 0) is 6.18 Å². The van der Waals surface area contributed by atoms with E-state index in [0.717, 1.165) is 35.9 Å². The number of benzene rings is 1. The Morgan fingerprint density at radius 2 is 1.82 bits per heavy atom. The van der Waals surface area contributed by atoms with Gasteiger partial charge in [-0.05, 0) is 32.4 Å². The molecule has 0 amide bonds. The molecule has 1 unspecified atom stereocenters. The molecule has 0 aliphatic carbocycles. The zero-order valence-corrected chi connectivity index (χ0v) is 18.7. The van der Waals surface area contributed by atoms with Crippen LogP contribution in [0.25, 0.3) is 28.3 Å². The minimum absolute atomic E-state index is 0.0147. The van der Waals surface area contributed by atoms with Gasteiger partial charge in [-0.1, -0.05) is 19.1 Å². The molecule has 0 saturated heterocycles. The first-order valence-electron chi connectivity index (χ1n) is 10.8. The highest BCUT2D eigenvalue weighted by molar-refractivity contribution is 5.78. The molecule has 0 fully saturated rings. The third-order valence-electron chi connectivity index (χ3n) is 5.84. The number of fused-ring (bicyclic) bond motifs is 3. The van der Waals surface area contributed by atoms with Crippen molar-refractivity contribution in [3.8, 4) is 28.3 Å². The number of alkyl halides is 3. The van der Waals surface area contributed by atoms with Gasteiger partial charge in [0.2, 0.25) is 0 Å². The molecule has 0 spiro atoms. The van der Waals surface area contributed by atoms with Gasteiger partial charge in [0, 0.05) is 17.8 Å². The van der Waals surface area contributed by atoms with E-state index in [9.17, 15) is 13.2 Å². The Morgan fingerprint density at radius 1 is 1.06 bits per heavy atom. The first kappa shape index (κ1) is 21.9. The van der Waals surface area contributed by atoms with Crippen molar-refractivity contribution >= 4 is 5.82 Å². The van der Waals surface area contributed by atoms with Crippen LogP contribution in [0, 0.1) is 0 Å². The highest BCUT2D eigenvalue weighted by atomic mass is 19.4. The van der Waals surface area contributed by atoms with Crippen LogP contribution in [0.2, 0.25) is 0 Å². The molecule has 3 aromatic heterocycles. The van der Waals surface area contributed by atoms with Gasteiger partial charge in [0.05, 0.1) is 29.1 Å². The molecular weight excluding hydrogens is 445 g/mol. The normalized spacial score (nSPS) is 15.4. The van der Waals surface area contributed by atoms with Gasteiger partial charge in [0.25, 0.3) is 0 Å². The van der Waals surface area contributed by atoms with Crippen molar-refractivity contribution in [1.82, 2.24) is 34.7 Å². The van der Waals surface area contributed by atoms with Crippen LogP contribution < -0.4 is 4.90 Å². The molecule has 1 atom stereocenters. The number of anilines is 1. The van der Waals surface area contributed by atoms with Crippen molar-refractivity contribution in [2.45, 2.75) is 45.5 Å². The molecule has 1 aromatic carbocycles. The van der Waals surface area contributed by atoms with E-state index in [0.29, 0.717) is 22.6 Å². The Morgan fingerprint density at radius 3 is 2.50 bits per heavy atom. The number of hydrogen-bond acceptors (Lipinski definition) is 7. The molecule has 1 aliphatic heterocycles. The lowest BCUT2D eigenvalue weighted by molar-refractivity contribution is -0.137. The molecule has 0 saturated carbocycles.